The van der Waals surface area contributed by atoms with Crippen LogP contribution in [-0.4, -0.2) is 30.8 Å². The number of fused-ring (bicyclic) bond motifs is 3. The third-order valence-corrected chi connectivity index (χ3v) is 4.80. The van der Waals surface area contributed by atoms with Crippen LogP contribution in [0.1, 0.15) is 12.0 Å². The highest BCUT2D eigenvalue weighted by Crippen LogP contribution is 2.52. The Morgan fingerprint density at radius 3 is 3.12 bits per heavy atom. The number of amides is 1. The lowest BCUT2D eigenvalue weighted by Gasteiger charge is -2.26. The molecule has 0 aromatic heterocycles. The molecule has 2 aliphatic rings. The van der Waals surface area contributed by atoms with Crippen LogP contribution in [0.5, 0.6) is 0 Å². The molecule has 2 atom stereocenters. The van der Waals surface area contributed by atoms with Gasteiger partial charge in [-0.2, -0.15) is 0 Å². The van der Waals surface area contributed by atoms with Crippen molar-refractivity contribution in [3.8, 4) is 0 Å². The maximum atomic E-state index is 11.7. The van der Waals surface area contributed by atoms with Crippen LogP contribution in [0.3, 0.4) is 0 Å². The molecule has 2 heterocycles. The Morgan fingerprint density at radius 1 is 1.59 bits per heavy atom. The molecule has 0 spiro atoms. The number of halogens is 1. The number of methoxy groups -OCH3 is 1. The predicted molar refractivity (Wildman–Crippen MR) is 68.2 cm³/mol. The largest absolute Gasteiger partial charge is 0.453 e. The number of alkyl halides is 1. The molecule has 3 rings (SSSR count). The Morgan fingerprint density at radius 2 is 2.35 bits per heavy atom. The van der Waals surface area contributed by atoms with Crippen molar-refractivity contribution >= 4 is 27.7 Å². The van der Waals surface area contributed by atoms with Crippen molar-refractivity contribution in [2.45, 2.75) is 16.9 Å². The molecule has 90 valence electrons. The number of nitrogens with one attached hydrogen (secondary N) is 1. The topological polar surface area (TPSA) is 41.6 Å². The van der Waals surface area contributed by atoms with Crippen molar-refractivity contribution in [3.63, 3.8) is 0 Å². The molecule has 0 aliphatic carbocycles. The number of rotatable bonds is 0. The van der Waals surface area contributed by atoms with E-state index < -0.39 is 0 Å². The summed E-state index contributed by atoms with van der Waals surface area (Å²) in [4.78, 5) is 13.4. The molecule has 1 fully saturated rings. The minimum absolute atomic E-state index is 0.0626. The monoisotopic (exact) mass is 296 g/mol. The van der Waals surface area contributed by atoms with E-state index in [9.17, 15) is 4.79 Å². The molecule has 0 radical (unpaired) electrons. The van der Waals surface area contributed by atoms with E-state index in [4.69, 9.17) is 4.74 Å². The molecule has 1 aromatic rings. The minimum atomic E-state index is -0.281. The summed E-state index contributed by atoms with van der Waals surface area (Å²) < 4.78 is 4.63. The number of hydrogen-bond acceptors (Lipinski definition) is 3. The average molecular weight is 297 g/mol. The second-order valence-corrected chi connectivity index (χ2v) is 5.78. The molecule has 1 N–H and O–H groups in total. The number of ether oxygens (including phenoxy) is 1. The summed E-state index contributed by atoms with van der Waals surface area (Å²) in [7, 11) is 1.42. The maximum Gasteiger partial charge on any atom is 0.411 e. The Kier molecular flexibility index (Phi) is 2.33. The number of likely N-dealkylation sites (tertiary alicyclic amines) is 1. The second kappa shape index (κ2) is 3.63. The van der Waals surface area contributed by atoms with E-state index in [0.29, 0.717) is 6.54 Å². The second-order valence-electron chi connectivity index (χ2n) is 4.37. The first-order chi connectivity index (χ1) is 8.16. The fourth-order valence-corrected chi connectivity index (χ4v) is 3.59. The van der Waals surface area contributed by atoms with Crippen molar-refractivity contribution < 1.29 is 9.53 Å². The first-order valence-corrected chi connectivity index (χ1v) is 6.35. The third-order valence-electron chi connectivity index (χ3n) is 3.54. The van der Waals surface area contributed by atoms with Crippen LogP contribution in [0.2, 0.25) is 0 Å². The molecule has 4 nitrogen and oxygen atoms in total. The minimum Gasteiger partial charge on any atom is -0.453 e. The van der Waals surface area contributed by atoms with E-state index in [2.05, 4.69) is 27.3 Å². The average Bonchev–Trinajstić information content (AvgIpc) is 2.81. The fourth-order valence-electron chi connectivity index (χ4n) is 2.70. The van der Waals surface area contributed by atoms with Gasteiger partial charge in [-0.3, -0.25) is 4.90 Å². The van der Waals surface area contributed by atoms with Crippen LogP contribution >= 0.6 is 15.9 Å². The summed E-state index contributed by atoms with van der Waals surface area (Å²) in [5.41, 5.74) is 2.30. The maximum absolute atomic E-state index is 11.7. The van der Waals surface area contributed by atoms with E-state index in [1.54, 1.807) is 4.90 Å². The van der Waals surface area contributed by atoms with Gasteiger partial charge in [-0.15, -0.1) is 0 Å². The van der Waals surface area contributed by atoms with Crippen LogP contribution in [0.15, 0.2) is 24.3 Å². The van der Waals surface area contributed by atoms with E-state index in [0.717, 1.165) is 12.1 Å². The van der Waals surface area contributed by atoms with Crippen molar-refractivity contribution in [2.75, 3.05) is 19.0 Å². The Hall–Kier alpha value is -1.23. The van der Waals surface area contributed by atoms with Crippen molar-refractivity contribution in [1.82, 2.24) is 4.90 Å². The van der Waals surface area contributed by atoms with Gasteiger partial charge >= 0.3 is 6.09 Å². The fraction of sp³-hybridized carbons (Fsp3) is 0.417. The Labute approximate surface area is 108 Å². The van der Waals surface area contributed by atoms with Gasteiger partial charge in [0, 0.05) is 12.2 Å². The molecule has 0 saturated carbocycles. The Bertz CT molecular complexity index is 479. The number of nitrogens with zero attached hydrogens (tertiary/aromatic N) is 1. The number of benzene rings is 1. The zero-order valence-corrected chi connectivity index (χ0v) is 11.0. The van der Waals surface area contributed by atoms with Gasteiger partial charge in [-0.05, 0) is 18.1 Å². The van der Waals surface area contributed by atoms with E-state index in [1.165, 1.54) is 12.7 Å². The normalized spacial score (nSPS) is 29.5. The first kappa shape index (κ1) is 10.9. The quantitative estimate of drug-likeness (QED) is 0.748. The molecule has 1 aromatic carbocycles. The highest BCUT2D eigenvalue weighted by atomic mass is 79.9. The van der Waals surface area contributed by atoms with Gasteiger partial charge in [-0.1, -0.05) is 34.1 Å². The van der Waals surface area contributed by atoms with Gasteiger partial charge in [0.2, 0.25) is 0 Å². The lowest BCUT2D eigenvalue weighted by atomic mass is 9.98. The zero-order chi connectivity index (χ0) is 12.0. The van der Waals surface area contributed by atoms with E-state index in [1.807, 2.05) is 18.2 Å². The molecule has 1 amide bonds. The van der Waals surface area contributed by atoms with Crippen molar-refractivity contribution in [3.05, 3.63) is 29.8 Å². The number of para-hydroxylation sites is 1. The molecule has 2 aliphatic heterocycles. The van der Waals surface area contributed by atoms with Crippen LogP contribution < -0.4 is 5.32 Å². The molecule has 5 heteroatoms. The summed E-state index contributed by atoms with van der Waals surface area (Å²) in [6, 6.07) is 8.14. The highest BCUT2D eigenvalue weighted by Gasteiger charge is 2.54. The summed E-state index contributed by atoms with van der Waals surface area (Å²) in [6.45, 7) is 0.698. The predicted octanol–water partition coefficient (Wildman–Crippen LogP) is 2.50. The van der Waals surface area contributed by atoms with Gasteiger partial charge in [0.05, 0.1) is 11.4 Å². The van der Waals surface area contributed by atoms with Crippen LogP contribution in [-0.2, 0) is 9.06 Å². The summed E-state index contributed by atoms with van der Waals surface area (Å²) >= 11 is 3.80. The summed E-state index contributed by atoms with van der Waals surface area (Å²) in [5, 5.41) is 3.38. The number of carbonyl (C=O) groups excluding carboxylic acids is 1. The standard InChI is InChI=1S/C12H13BrN2O2/c1-17-11(16)15-7-6-12(13)8-4-2-3-5-9(8)14-10(12)15/h2-5,10,14H,6-7H2,1H3/t10-,12+/m1/s1. The lowest BCUT2D eigenvalue weighted by Crippen LogP contribution is -2.43. The highest BCUT2D eigenvalue weighted by molar-refractivity contribution is 9.09. The van der Waals surface area contributed by atoms with Gasteiger partial charge in [0.25, 0.3) is 0 Å². The van der Waals surface area contributed by atoms with Gasteiger partial charge in [0.15, 0.2) is 0 Å². The van der Waals surface area contributed by atoms with Gasteiger partial charge in [0.1, 0.15) is 6.17 Å². The van der Waals surface area contributed by atoms with Crippen LogP contribution in [0.4, 0.5) is 10.5 Å². The molecular formula is C12H13BrN2O2. The van der Waals surface area contributed by atoms with Gasteiger partial charge in [-0.25, -0.2) is 4.79 Å². The van der Waals surface area contributed by atoms with Gasteiger partial charge < -0.3 is 10.1 Å². The Balaban J connectivity index is 2.00. The number of carbonyl (C=O) groups is 1. The summed E-state index contributed by atoms with van der Waals surface area (Å²) in [6.07, 6.45) is 0.542. The lowest BCUT2D eigenvalue weighted by molar-refractivity contribution is 0.121. The van der Waals surface area contributed by atoms with Crippen LogP contribution in [0, 0.1) is 0 Å². The number of anilines is 1. The smallest absolute Gasteiger partial charge is 0.411 e. The van der Waals surface area contributed by atoms with Crippen molar-refractivity contribution in [2.24, 2.45) is 0 Å². The SMILES string of the molecule is COC(=O)N1CC[C@]2(Br)c3ccccc3N[C@H]12. The van der Waals surface area contributed by atoms with Crippen LogP contribution in [0.25, 0.3) is 0 Å². The van der Waals surface area contributed by atoms with Crippen molar-refractivity contribution in [1.29, 1.82) is 0 Å². The molecule has 1 saturated heterocycles. The number of hydrogen-bond donors (Lipinski definition) is 1. The molecule has 0 bridgehead atoms. The molecule has 0 unspecified atom stereocenters. The zero-order valence-electron chi connectivity index (χ0n) is 9.44. The third kappa shape index (κ3) is 1.38. The first-order valence-electron chi connectivity index (χ1n) is 5.56. The van der Waals surface area contributed by atoms with E-state index in [-0.39, 0.29) is 16.6 Å². The molecule has 17 heavy (non-hydrogen) atoms. The summed E-state index contributed by atoms with van der Waals surface area (Å²) in [5.74, 6) is 0. The molecular weight excluding hydrogens is 284 g/mol. The van der Waals surface area contributed by atoms with E-state index >= 15 is 0 Å².